The second kappa shape index (κ2) is 6.66. The summed E-state index contributed by atoms with van der Waals surface area (Å²) in [7, 11) is 1.56. The van der Waals surface area contributed by atoms with Gasteiger partial charge in [0.05, 0.1) is 7.11 Å². The second-order valence-corrected chi connectivity index (χ2v) is 4.62. The average Bonchev–Trinajstić information content (AvgIpc) is 2.28. The van der Waals surface area contributed by atoms with E-state index in [0.29, 0.717) is 18.3 Å². The summed E-state index contributed by atoms with van der Waals surface area (Å²) in [5.74, 6) is 1.82. The molecule has 4 heteroatoms. The van der Waals surface area contributed by atoms with Gasteiger partial charge in [-0.3, -0.25) is 0 Å². The normalized spacial score (nSPS) is 12.4. The minimum Gasteiger partial charge on any atom is -0.504 e. The number of hydrogen-bond donors (Lipinski definition) is 2. The number of aromatic hydroxyl groups is 1. The molecule has 0 fully saturated rings. The van der Waals surface area contributed by atoms with Crippen molar-refractivity contribution in [2.45, 2.75) is 19.5 Å². The standard InChI is InChI=1S/C12H19NO2S/c1-9(8-16-3)13-7-10-5-4-6-11(15-2)12(10)14/h4-6,9,13-14H,7-8H2,1-3H3. The van der Waals surface area contributed by atoms with E-state index in [2.05, 4.69) is 18.5 Å². The molecule has 0 aliphatic carbocycles. The van der Waals surface area contributed by atoms with Crippen LogP contribution >= 0.6 is 11.8 Å². The number of benzene rings is 1. The van der Waals surface area contributed by atoms with E-state index < -0.39 is 0 Å². The number of thioether (sulfide) groups is 1. The zero-order valence-corrected chi connectivity index (χ0v) is 10.8. The summed E-state index contributed by atoms with van der Waals surface area (Å²) < 4.78 is 5.06. The predicted octanol–water partition coefficient (Wildman–Crippen LogP) is 2.24. The van der Waals surface area contributed by atoms with Gasteiger partial charge in [0.15, 0.2) is 11.5 Å². The zero-order chi connectivity index (χ0) is 12.0. The van der Waals surface area contributed by atoms with Gasteiger partial charge in [-0.2, -0.15) is 11.8 Å². The van der Waals surface area contributed by atoms with Gasteiger partial charge in [-0.1, -0.05) is 12.1 Å². The van der Waals surface area contributed by atoms with Crippen LogP contribution in [0.4, 0.5) is 0 Å². The van der Waals surface area contributed by atoms with Gasteiger partial charge in [-0.05, 0) is 19.2 Å². The van der Waals surface area contributed by atoms with Crippen LogP contribution in [-0.2, 0) is 6.54 Å². The van der Waals surface area contributed by atoms with Crippen LogP contribution in [-0.4, -0.2) is 30.3 Å². The summed E-state index contributed by atoms with van der Waals surface area (Å²) in [5, 5.41) is 13.2. The van der Waals surface area contributed by atoms with Crippen LogP contribution in [0.5, 0.6) is 11.5 Å². The largest absolute Gasteiger partial charge is 0.504 e. The lowest BCUT2D eigenvalue weighted by Crippen LogP contribution is -2.27. The lowest BCUT2D eigenvalue weighted by Gasteiger charge is -2.14. The van der Waals surface area contributed by atoms with E-state index in [9.17, 15) is 5.11 Å². The number of rotatable bonds is 6. The highest BCUT2D eigenvalue weighted by Gasteiger charge is 2.08. The van der Waals surface area contributed by atoms with Crippen LogP contribution in [0.2, 0.25) is 0 Å². The van der Waals surface area contributed by atoms with Crippen LogP contribution in [0.1, 0.15) is 12.5 Å². The van der Waals surface area contributed by atoms with Gasteiger partial charge in [-0.25, -0.2) is 0 Å². The van der Waals surface area contributed by atoms with Crippen molar-refractivity contribution in [2.24, 2.45) is 0 Å². The van der Waals surface area contributed by atoms with Crippen molar-refractivity contribution in [3.05, 3.63) is 23.8 Å². The number of phenols is 1. The molecule has 0 bridgehead atoms. The van der Waals surface area contributed by atoms with Gasteiger partial charge in [0.25, 0.3) is 0 Å². The molecule has 0 saturated carbocycles. The fourth-order valence-corrected chi connectivity index (χ4v) is 2.09. The maximum Gasteiger partial charge on any atom is 0.162 e. The van der Waals surface area contributed by atoms with E-state index in [-0.39, 0.29) is 5.75 Å². The molecule has 3 nitrogen and oxygen atoms in total. The summed E-state index contributed by atoms with van der Waals surface area (Å²) in [4.78, 5) is 0. The Morgan fingerprint density at radius 2 is 2.25 bits per heavy atom. The molecule has 1 unspecified atom stereocenters. The quantitative estimate of drug-likeness (QED) is 0.801. The maximum absolute atomic E-state index is 9.86. The lowest BCUT2D eigenvalue weighted by atomic mass is 10.2. The van der Waals surface area contributed by atoms with Gasteiger partial charge >= 0.3 is 0 Å². The molecule has 16 heavy (non-hydrogen) atoms. The molecular weight excluding hydrogens is 222 g/mol. The molecule has 0 radical (unpaired) electrons. The molecule has 0 heterocycles. The van der Waals surface area contributed by atoms with Crippen LogP contribution in [0.25, 0.3) is 0 Å². The topological polar surface area (TPSA) is 41.5 Å². The number of para-hydroxylation sites is 1. The van der Waals surface area contributed by atoms with Crippen molar-refractivity contribution in [1.82, 2.24) is 5.32 Å². The fourth-order valence-electron chi connectivity index (χ4n) is 1.47. The van der Waals surface area contributed by atoms with E-state index in [0.717, 1.165) is 11.3 Å². The van der Waals surface area contributed by atoms with Gasteiger partial charge in [0.2, 0.25) is 0 Å². The molecule has 0 aliphatic heterocycles. The third kappa shape index (κ3) is 3.61. The Hall–Kier alpha value is -0.870. The molecule has 90 valence electrons. The van der Waals surface area contributed by atoms with E-state index in [1.54, 1.807) is 13.2 Å². The summed E-state index contributed by atoms with van der Waals surface area (Å²) in [6.45, 7) is 2.79. The van der Waals surface area contributed by atoms with Crippen molar-refractivity contribution in [3.63, 3.8) is 0 Å². The van der Waals surface area contributed by atoms with E-state index >= 15 is 0 Å². The highest BCUT2D eigenvalue weighted by molar-refractivity contribution is 7.98. The van der Waals surface area contributed by atoms with Crippen molar-refractivity contribution in [3.8, 4) is 11.5 Å². The Balaban J connectivity index is 2.60. The third-order valence-electron chi connectivity index (χ3n) is 2.36. The van der Waals surface area contributed by atoms with Crippen LogP contribution in [0, 0.1) is 0 Å². The van der Waals surface area contributed by atoms with E-state index in [1.165, 1.54) is 0 Å². The minimum absolute atomic E-state index is 0.230. The Morgan fingerprint density at radius 1 is 1.50 bits per heavy atom. The molecule has 2 N–H and O–H groups in total. The van der Waals surface area contributed by atoms with Gasteiger partial charge in [0.1, 0.15) is 0 Å². The van der Waals surface area contributed by atoms with Gasteiger partial charge < -0.3 is 15.2 Å². The van der Waals surface area contributed by atoms with Gasteiger partial charge in [-0.15, -0.1) is 0 Å². The predicted molar refractivity (Wildman–Crippen MR) is 69.3 cm³/mol. The fraction of sp³-hybridized carbons (Fsp3) is 0.500. The minimum atomic E-state index is 0.230. The maximum atomic E-state index is 9.86. The SMILES string of the molecule is COc1cccc(CNC(C)CSC)c1O. The van der Waals surface area contributed by atoms with Crippen LogP contribution < -0.4 is 10.1 Å². The number of methoxy groups -OCH3 is 1. The smallest absolute Gasteiger partial charge is 0.162 e. The number of nitrogens with one attached hydrogen (secondary N) is 1. The van der Waals surface area contributed by atoms with Crippen molar-refractivity contribution in [1.29, 1.82) is 0 Å². The number of phenolic OH excluding ortho intramolecular Hbond substituents is 1. The first kappa shape index (κ1) is 13.2. The second-order valence-electron chi connectivity index (χ2n) is 3.71. The highest BCUT2D eigenvalue weighted by Crippen LogP contribution is 2.29. The molecular formula is C12H19NO2S. The molecule has 0 spiro atoms. The molecule has 1 aromatic carbocycles. The molecule has 0 amide bonds. The van der Waals surface area contributed by atoms with Gasteiger partial charge in [0, 0.05) is 23.9 Å². The monoisotopic (exact) mass is 241 g/mol. The summed E-state index contributed by atoms with van der Waals surface area (Å²) in [5.41, 5.74) is 0.868. The molecule has 1 rings (SSSR count). The Bertz CT molecular complexity index is 331. The highest BCUT2D eigenvalue weighted by atomic mass is 32.2. The molecule has 0 aromatic heterocycles. The summed E-state index contributed by atoms with van der Waals surface area (Å²) in [6.07, 6.45) is 2.08. The first-order chi connectivity index (χ1) is 7.69. The first-order valence-corrected chi connectivity index (χ1v) is 6.65. The zero-order valence-electron chi connectivity index (χ0n) is 9.99. The third-order valence-corrected chi connectivity index (χ3v) is 3.19. The van der Waals surface area contributed by atoms with Crippen molar-refractivity contribution < 1.29 is 9.84 Å². The Morgan fingerprint density at radius 3 is 2.88 bits per heavy atom. The molecule has 0 saturated heterocycles. The summed E-state index contributed by atoms with van der Waals surface area (Å²) in [6, 6.07) is 5.97. The van der Waals surface area contributed by atoms with Crippen molar-refractivity contribution in [2.75, 3.05) is 19.1 Å². The van der Waals surface area contributed by atoms with E-state index in [1.807, 2.05) is 23.9 Å². The Kier molecular flexibility index (Phi) is 5.49. The molecule has 1 aromatic rings. The summed E-state index contributed by atoms with van der Waals surface area (Å²) >= 11 is 1.81. The van der Waals surface area contributed by atoms with E-state index in [4.69, 9.17) is 4.74 Å². The Labute approximate surface area is 101 Å². The average molecular weight is 241 g/mol. The van der Waals surface area contributed by atoms with Crippen molar-refractivity contribution >= 4 is 11.8 Å². The molecule has 1 atom stereocenters. The first-order valence-electron chi connectivity index (χ1n) is 5.26. The van der Waals surface area contributed by atoms with Crippen LogP contribution in [0.3, 0.4) is 0 Å². The lowest BCUT2D eigenvalue weighted by molar-refractivity contribution is 0.369. The number of ether oxygens (including phenoxy) is 1. The molecule has 0 aliphatic rings. The number of hydrogen-bond acceptors (Lipinski definition) is 4. The van der Waals surface area contributed by atoms with Crippen LogP contribution in [0.15, 0.2) is 18.2 Å².